The molecular weight excluding hydrogens is 258 g/mol. The standard InChI is InChI=1S/C15H21NO4/c1-11-8-16(9-14(10-17)20-11)15(18)7-12-3-5-13(19-2)6-4-12/h3-6,11,14,17H,7-10H2,1-2H3. The van der Waals surface area contributed by atoms with E-state index < -0.39 is 0 Å². The van der Waals surface area contributed by atoms with Crippen LogP contribution in [0.2, 0.25) is 0 Å². The maximum atomic E-state index is 12.3. The zero-order valence-corrected chi connectivity index (χ0v) is 11.9. The first kappa shape index (κ1) is 14.8. The van der Waals surface area contributed by atoms with Gasteiger partial charge in [0.05, 0.1) is 32.3 Å². The number of methoxy groups -OCH3 is 1. The van der Waals surface area contributed by atoms with Crippen LogP contribution >= 0.6 is 0 Å². The van der Waals surface area contributed by atoms with E-state index in [-0.39, 0.29) is 24.7 Å². The molecule has 1 aromatic carbocycles. The molecule has 0 aromatic heterocycles. The quantitative estimate of drug-likeness (QED) is 0.887. The van der Waals surface area contributed by atoms with Gasteiger partial charge in [-0.15, -0.1) is 0 Å². The van der Waals surface area contributed by atoms with Crippen LogP contribution in [0.5, 0.6) is 5.75 Å². The predicted molar refractivity (Wildman–Crippen MR) is 74.7 cm³/mol. The van der Waals surface area contributed by atoms with Gasteiger partial charge in [-0.3, -0.25) is 4.79 Å². The van der Waals surface area contributed by atoms with Crippen molar-refractivity contribution in [3.8, 4) is 5.75 Å². The van der Waals surface area contributed by atoms with E-state index in [1.54, 1.807) is 12.0 Å². The Morgan fingerprint density at radius 2 is 2.10 bits per heavy atom. The Labute approximate surface area is 119 Å². The SMILES string of the molecule is COc1ccc(CC(=O)N2CC(C)OC(CO)C2)cc1. The Balaban J connectivity index is 1.96. The van der Waals surface area contributed by atoms with Crippen LogP contribution in [0, 0.1) is 0 Å². The molecule has 1 aliphatic rings. The molecule has 1 aromatic rings. The van der Waals surface area contributed by atoms with Crippen molar-refractivity contribution in [2.75, 3.05) is 26.8 Å². The summed E-state index contributed by atoms with van der Waals surface area (Å²) in [7, 11) is 1.62. The highest BCUT2D eigenvalue weighted by Crippen LogP contribution is 2.15. The minimum absolute atomic E-state index is 0.0410. The maximum absolute atomic E-state index is 12.3. The molecule has 0 aliphatic carbocycles. The van der Waals surface area contributed by atoms with E-state index >= 15 is 0 Å². The molecule has 20 heavy (non-hydrogen) atoms. The topological polar surface area (TPSA) is 59.0 Å². The van der Waals surface area contributed by atoms with Gasteiger partial charge in [0.25, 0.3) is 0 Å². The van der Waals surface area contributed by atoms with Gasteiger partial charge in [-0.05, 0) is 24.6 Å². The summed E-state index contributed by atoms with van der Waals surface area (Å²) in [4.78, 5) is 14.0. The average Bonchev–Trinajstić information content (AvgIpc) is 2.47. The summed E-state index contributed by atoms with van der Waals surface area (Å²) in [6.45, 7) is 2.88. The molecule has 0 bridgehead atoms. The normalized spacial score (nSPS) is 22.6. The van der Waals surface area contributed by atoms with Gasteiger partial charge in [-0.1, -0.05) is 12.1 Å². The minimum atomic E-state index is -0.279. The van der Waals surface area contributed by atoms with Crippen LogP contribution in [0.4, 0.5) is 0 Å². The van der Waals surface area contributed by atoms with Crippen molar-refractivity contribution < 1.29 is 19.4 Å². The maximum Gasteiger partial charge on any atom is 0.227 e. The third kappa shape index (κ3) is 3.71. The molecule has 1 fully saturated rings. The molecule has 1 amide bonds. The number of carbonyl (C=O) groups excluding carboxylic acids is 1. The number of morpholine rings is 1. The van der Waals surface area contributed by atoms with E-state index in [9.17, 15) is 9.90 Å². The first-order chi connectivity index (χ1) is 9.62. The number of aliphatic hydroxyl groups excluding tert-OH is 1. The zero-order valence-electron chi connectivity index (χ0n) is 11.9. The summed E-state index contributed by atoms with van der Waals surface area (Å²) >= 11 is 0. The van der Waals surface area contributed by atoms with E-state index in [4.69, 9.17) is 9.47 Å². The summed E-state index contributed by atoms with van der Waals surface area (Å²) in [5.74, 6) is 0.838. The molecule has 2 unspecified atom stereocenters. The first-order valence-electron chi connectivity index (χ1n) is 6.79. The molecule has 1 heterocycles. The summed E-state index contributed by atoms with van der Waals surface area (Å²) < 4.78 is 10.6. The lowest BCUT2D eigenvalue weighted by atomic mass is 10.1. The Morgan fingerprint density at radius 1 is 1.40 bits per heavy atom. The Kier molecular flexibility index (Phi) is 4.98. The Morgan fingerprint density at radius 3 is 2.70 bits per heavy atom. The van der Waals surface area contributed by atoms with E-state index in [1.165, 1.54) is 0 Å². The van der Waals surface area contributed by atoms with Crippen LogP contribution in [0.25, 0.3) is 0 Å². The number of hydrogen-bond acceptors (Lipinski definition) is 4. The van der Waals surface area contributed by atoms with Crippen molar-refractivity contribution in [2.45, 2.75) is 25.6 Å². The van der Waals surface area contributed by atoms with E-state index in [0.29, 0.717) is 19.5 Å². The zero-order chi connectivity index (χ0) is 14.5. The highest BCUT2D eigenvalue weighted by Gasteiger charge is 2.27. The lowest BCUT2D eigenvalue weighted by molar-refractivity contribution is -0.146. The van der Waals surface area contributed by atoms with Crippen LogP contribution in [0.15, 0.2) is 24.3 Å². The van der Waals surface area contributed by atoms with E-state index in [1.807, 2.05) is 31.2 Å². The second kappa shape index (κ2) is 6.72. The number of carbonyl (C=O) groups is 1. The number of hydrogen-bond donors (Lipinski definition) is 1. The van der Waals surface area contributed by atoms with Crippen LogP contribution in [-0.4, -0.2) is 54.9 Å². The molecule has 2 rings (SSSR count). The summed E-state index contributed by atoms with van der Waals surface area (Å²) in [5, 5.41) is 9.18. The molecule has 0 radical (unpaired) electrons. The third-order valence-corrected chi connectivity index (χ3v) is 3.40. The van der Waals surface area contributed by atoms with Gasteiger partial charge in [0.1, 0.15) is 5.75 Å². The molecule has 0 spiro atoms. The van der Waals surface area contributed by atoms with Crippen molar-refractivity contribution >= 4 is 5.91 Å². The van der Waals surface area contributed by atoms with Crippen LogP contribution in [0.1, 0.15) is 12.5 Å². The summed E-state index contributed by atoms with van der Waals surface area (Å²) in [5.41, 5.74) is 0.954. The number of rotatable bonds is 4. The number of ether oxygens (including phenoxy) is 2. The van der Waals surface area contributed by atoms with Gasteiger partial charge in [-0.2, -0.15) is 0 Å². The molecule has 5 nitrogen and oxygen atoms in total. The van der Waals surface area contributed by atoms with Crippen molar-refractivity contribution in [1.29, 1.82) is 0 Å². The van der Waals surface area contributed by atoms with E-state index in [2.05, 4.69) is 0 Å². The number of benzene rings is 1. The molecule has 110 valence electrons. The molecule has 2 atom stereocenters. The van der Waals surface area contributed by atoms with Gasteiger partial charge in [-0.25, -0.2) is 0 Å². The highest BCUT2D eigenvalue weighted by atomic mass is 16.5. The molecule has 1 saturated heterocycles. The molecule has 1 aliphatic heterocycles. The average molecular weight is 279 g/mol. The first-order valence-corrected chi connectivity index (χ1v) is 6.79. The number of nitrogens with zero attached hydrogens (tertiary/aromatic N) is 1. The monoisotopic (exact) mass is 279 g/mol. The second-order valence-corrected chi connectivity index (χ2v) is 5.07. The van der Waals surface area contributed by atoms with Crippen molar-refractivity contribution in [3.63, 3.8) is 0 Å². The van der Waals surface area contributed by atoms with Crippen molar-refractivity contribution in [2.24, 2.45) is 0 Å². The van der Waals surface area contributed by atoms with Gasteiger partial charge in [0.15, 0.2) is 0 Å². The fourth-order valence-electron chi connectivity index (χ4n) is 2.38. The Bertz CT molecular complexity index is 446. The fraction of sp³-hybridized carbons (Fsp3) is 0.533. The number of amides is 1. The minimum Gasteiger partial charge on any atom is -0.497 e. The van der Waals surface area contributed by atoms with Gasteiger partial charge in [0.2, 0.25) is 5.91 Å². The smallest absolute Gasteiger partial charge is 0.227 e. The van der Waals surface area contributed by atoms with Gasteiger partial charge < -0.3 is 19.5 Å². The van der Waals surface area contributed by atoms with Crippen molar-refractivity contribution in [1.82, 2.24) is 4.90 Å². The molecular formula is C15H21NO4. The highest BCUT2D eigenvalue weighted by molar-refractivity contribution is 5.79. The Hall–Kier alpha value is -1.59. The van der Waals surface area contributed by atoms with Gasteiger partial charge >= 0.3 is 0 Å². The van der Waals surface area contributed by atoms with Crippen LogP contribution in [0.3, 0.4) is 0 Å². The molecule has 0 saturated carbocycles. The summed E-state index contributed by atoms with van der Waals surface area (Å²) in [6, 6.07) is 7.48. The number of aliphatic hydroxyl groups is 1. The van der Waals surface area contributed by atoms with Crippen LogP contribution < -0.4 is 4.74 Å². The molecule has 1 N–H and O–H groups in total. The second-order valence-electron chi connectivity index (χ2n) is 5.07. The lowest BCUT2D eigenvalue weighted by Crippen LogP contribution is -2.50. The van der Waals surface area contributed by atoms with Gasteiger partial charge in [0, 0.05) is 13.1 Å². The van der Waals surface area contributed by atoms with Crippen molar-refractivity contribution in [3.05, 3.63) is 29.8 Å². The lowest BCUT2D eigenvalue weighted by Gasteiger charge is -2.36. The van der Waals surface area contributed by atoms with E-state index in [0.717, 1.165) is 11.3 Å². The van der Waals surface area contributed by atoms with Crippen LogP contribution in [-0.2, 0) is 16.0 Å². The third-order valence-electron chi connectivity index (χ3n) is 3.40. The fourth-order valence-corrected chi connectivity index (χ4v) is 2.38. The summed E-state index contributed by atoms with van der Waals surface area (Å²) in [6.07, 6.45) is 0.0359. The molecule has 5 heteroatoms. The predicted octanol–water partition coefficient (Wildman–Crippen LogP) is 0.846. The largest absolute Gasteiger partial charge is 0.497 e.